The maximum absolute atomic E-state index is 9.35. The van der Waals surface area contributed by atoms with Gasteiger partial charge in [-0.15, -0.1) is 0 Å². The van der Waals surface area contributed by atoms with Gasteiger partial charge >= 0.3 is 0 Å². The van der Waals surface area contributed by atoms with Crippen molar-refractivity contribution in [1.29, 1.82) is 0 Å². The van der Waals surface area contributed by atoms with Crippen LogP contribution in [0, 0.1) is 0 Å². The number of ether oxygens (including phenoxy) is 1. The zero-order valence-corrected chi connectivity index (χ0v) is 10.00. The van der Waals surface area contributed by atoms with E-state index in [0.29, 0.717) is 5.75 Å². The van der Waals surface area contributed by atoms with Crippen LogP contribution in [-0.4, -0.2) is 17.3 Å². The minimum Gasteiger partial charge on any atom is -0.508 e. The van der Waals surface area contributed by atoms with Crippen molar-refractivity contribution in [3.63, 3.8) is 0 Å². The molecular weight excluding hydrogens is 228 g/mol. The molecule has 0 saturated heterocycles. The van der Waals surface area contributed by atoms with E-state index in [9.17, 15) is 10.2 Å². The Hall–Kier alpha value is -2.42. The van der Waals surface area contributed by atoms with Gasteiger partial charge in [-0.05, 0) is 29.8 Å². The monoisotopic (exact) mass is 242 g/mol. The molecule has 92 valence electrons. The number of rotatable bonds is 3. The van der Waals surface area contributed by atoms with Crippen LogP contribution in [0.1, 0.15) is 11.1 Å². The van der Waals surface area contributed by atoms with Crippen LogP contribution in [0.3, 0.4) is 0 Å². The van der Waals surface area contributed by atoms with Gasteiger partial charge in [-0.3, -0.25) is 0 Å². The quantitative estimate of drug-likeness (QED) is 0.812. The summed E-state index contributed by atoms with van der Waals surface area (Å²) >= 11 is 0. The molecule has 0 aliphatic carbocycles. The Morgan fingerprint density at radius 3 is 2.22 bits per heavy atom. The lowest BCUT2D eigenvalue weighted by atomic mass is 10.1. The van der Waals surface area contributed by atoms with Crippen molar-refractivity contribution in [2.24, 2.45) is 0 Å². The van der Waals surface area contributed by atoms with Crippen molar-refractivity contribution >= 4 is 12.2 Å². The molecule has 3 heteroatoms. The summed E-state index contributed by atoms with van der Waals surface area (Å²) in [6.45, 7) is 0. The first-order chi connectivity index (χ1) is 8.69. The Balaban J connectivity index is 2.25. The second-order valence-electron chi connectivity index (χ2n) is 3.85. The SMILES string of the molecule is COc1cc(O)ccc1C=Cc1ccc(O)cc1. The molecule has 0 heterocycles. The van der Waals surface area contributed by atoms with E-state index in [1.165, 1.54) is 0 Å². The summed E-state index contributed by atoms with van der Waals surface area (Å²) in [6.07, 6.45) is 3.80. The predicted octanol–water partition coefficient (Wildman–Crippen LogP) is 3.28. The van der Waals surface area contributed by atoms with Crippen LogP contribution in [-0.2, 0) is 0 Å². The summed E-state index contributed by atoms with van der Waals surface area (Å²) in [4.78, 5) is 0. The van der Waals surface area contributed by atoms with Crippen LogP contribution in [0.25, 0.3) is 12.2 Å². The van der Waals surface area contributed by atoms with E-state index in [2.05, 4.69) is 0 Å². The molecule has 0 fully saturated rings. The second kappa shape index (κ2) is 5.27. The first-order valence-corrected chi connectivity index (χ1v) is 5.53. The summed E-state index contributed by atoms with van der Waals surface area (Å²) in [6, 6.07) is 11.9. The summed E-state index contributed by atoms with van der Waals surface area (Å²) in [5.74, 6) is 1.04. The number of hydrogen-bond donors (Lipinski definition) is 2. The van der Waals surface area contributed by atoms with Gasteiger partial charge in [0, 0.05) is 11.6 Å². The highest BCUT2D eigenvalue weighted by Crippen LogP contribution is 2.25. The Labute approximate surface area is 106 Å². The highest BCUT2D eigenvalue weighted by Gasteiger charge is 2.00. The summed E-state index contributed by atoms with van der Waals surface area (Å²) in [5, 5.41) is 18.5. The molecule has 18 heavy (non-hydrogen) atoms. The Kier molecular flexibility index (Phi) is 3.53. The van der Waals surface area contributed by atoms with E-state index in [1.54, 1.807) is 37.4 Å². The molecule has 0 atom stereocenters. The normalized spacial score (nSPS) is 10.7. The average Bonchev–Trinajstić information content (AvgIpc) is 2.39. The first kappa shape index (κ1) is 12.0. The standard InChI is InChI=1S/C15H14O3/c1-18-15-10-14(17)9-6-12(15)5-2-11-3-7-13(16)8-4-11/h2-10,16-17H,1H3. The third kappa shape index (κ3) is 2.83. The van der Waals surface area contributed by atoms with Gasteiger partial charge < -0.3 is 14.9 Å². The fourth-order valence-electron chi connectivity index (χ4n) is 1.61. The lowest BCUT2D eigenvalue weighted by Gasteiger charge is -2.04. The van der Waals surface area contributed by atoms with Gasteiger partial charge in [0.25, 0.3) is 0 Å². The molecule has 3 nitrogen and oxygen atoms in total. The molecule has 0 aliphatic heterocycles. The third-order valence-corrected chi connectivity index (χ3v) is 2.57. The zero-order chi connectivity index (χ0) is 13.0. The molecule has 2 N–H and O–H groups in total. The van der Waals surface area contributed by atoms with E-state index >= 15 is 0 Å². The van der Waals surface area contributed by atoms with Crippen molar-refractivity contribution in [2.75, 3.05) is 7.11 Å². The zero-order valence-electron chi connectivity index (χ0n) is 10.00. The van der Waals surface area contributed by atoms with E-state index in [-0.39, 0.29) is 11.5 Å². The first-order valence-electron chi connectivity index (χ1n) is 5.53. The number of phenolic OH excluding ortho intramolecular Hbond substituents is 2. The molecule has 0 spiro atoms. The molecule has 0 saturated carbocycles. The minimum absolute atomic E-state index is 0.175. The smallest absolute Gasteiger partial charge is 0.129 e. The highest BCUT2D eigenvalue weighted by atomic mass is 16.5. The van der Waals surface area contributed by atoms with Crippen molar-refractivity contribution in [3.8, 4) is 17.2 Å². The number of phenols is 2. The lowest BCUT2D eigenvalue weighted by Crippen LogP contribution is -1.86. The van der Waals surface area contributed by atoms with Crippen molar-refractivity contribution < 1.29 is 14.9 Å². The third-order valence-electron chi connectivity index (χ3n) is 2.57. The molecular formula is C15H14O3. The predicted molar refractivity (Wildman–Crippen MR) is 71.7 cm³/mol. The van der Waals surface area contributed by atoms with E-state index < -0.39 is 0 Å². The lowest BCUT2D eigenvalue weighted by molar-refractivity contribution is 0.407. The van der Waals surface area contributed by atoms with Crippen LogP contribution in [0.4, 0.5) is 0 Å². The number of aromatic hydroxyl groups is 2. The van der Waals surface area contributed by atoms with E-state index in [4.69, 9.17) is 4.74 Å². The molecule has 2 aromatic carbocycles. The van der Waals surface area contributed by atoms with Crippen LogP contribution in [0.5, 0.6) is 17.2 Å². The Bertz CT molecular complexity index is 556. The molecule has 0 aromatic heterocycles. The van der Waals surface area contributed by atoms with Gasteiger partial charge in [-0.1, -0.05) is 24.3 Å². The molecule has 0 bridgehead atoms. The van der Waals surface area contributed by atoms with Crippen LogP contribution in [0.15, 0.2) is 42.5 Å². The summed E-state index contributed by atoms with van der Waals surface area (Å²) < 4.78 is 5.18. The maximum atomic E-state index is 9.35. The van der Waals surface area contributed by atoms with E-state index in [1.807, 2.05) is 24.3 Å². The van der Waals surface area contributed by atoms with Gasteiger partial charge in [-0.25, -0.2) is 0 Å². The minimum atomic E-state index is 0.175. The van der Waals surface area contributed by atoms with Crippen molar-refractivity contribution in [2.45, 2.75) is 0 Å². The highest BCUT2D eigenvalue weighted by molar-refractivity contribution is 5.73. The number of benzene rings is 2. The van der Waals surface area contributed by atoms with Gasteiger partial charge in [0.1, 0.15) is 17.2 Å². The summed E-state index contributed by atoms with van der Waals surface area (Å²) in [7, 11) is 1.56. The topological polar surface area (TPSA) is 49.7 Å². The maximum Gasteiger partial charge on any atom is 0.129 e. The Morgan fingerprint density at radius 2 is 1.56 bits per heavy atom. The van der Waals surface area contributed by atoms with Gasteiger partial charge in [-0.2, -0.15) is 0 Å². The second-order valence-corrected chi connectivity index (χ2v) is 3.85. The largest absolute Gasteiger partial charge is 0.508 e. The van der Waals surface area contributed by atoms with Gasteiger partial charge in [0.2, 0.25) is 0 Å². The van der Waals surface area contributed by atoms with E-state index in [0.717, 1.165) is 11.1 Å². The van der Waals surface area contributed by atoms with Crippen LogP contribution < -0.4 is 4.74 Å². The molecule has 0 radical (unpaired) electrons. The molecule has 0 amide bonds. The van der Waals surface area contributed by atoms with Crippen LogP contribution >= 0.6 is 0 Å². The van der Waals surface area contributed by atoms with Gasteiger partial charge in [0.15, 0.2) is 0 Å². The average molecular weight is 242 g/mol. The fraction of sp³-hybridized carbons (Fsp3) is 0.0667. The summed E-state index contributed by atoms with van der Waals surface area (Å²) in [5.41, 5.74) is 1.85. The molecule has 2 rings (SSSR count). The Morgan fingerprint density at radius 1 is 0.889 bits per heavy atom. The molecule has 2 aromatic rings. The number of methoxy groups -OCH3 is 1. The molecule has 0 aliphatic rings. The number of hydrogen-bond acceptors (Lipinski definition) is 3. The van der Waals surface area contributed by atoms with Crippen LogP contribution in [0.2, 0.25) is 0 Å². The van der Waals surface area contributed by atoms with Gasteiger partial charge in [0.05, 0.1) is 7.11 Å². The van der Waals surface area contributed by atoms with Crippen molar-refractivity contribution in [3.05, 3.63) is 53.6 Å². The molecule has 0 unspecified atom stereocenters. The van der Waals surface area contributed by atoms with Crippen molar-refractivity contribution in [1.82, 2.24) is 0 Å². The fourth-order valence-corrected chi connectivity index (χ4v) is 1.61.